The number of hydrogen-bond donors (Lipinski definition) is 1. The number of halogens is 2. The van der Waals surface area contributed by atoms with Crippen molar-refractivity contribution >= 4 is 11.6 Å². The molecule has 114 valence electrons. The SMILES string of the molecule is COc1ccc(/C(C)=N\NC(=O)c2ccccc2F)cc1F. The van der Waals surface area contributed by atoms with E-state index in [2.05, 4.69) is 10.5 Å². The lowest BCUT2D eigenvalue weighted by Crippen LogP contribution is -2.20. The fourth-order valence-electron chi connectivity index (χ4n) is 1.80. The molecule has 0 bridgehead atoms. The van der Waals surface area contributed by atoms with Gasteiger partial charge in [0, 0.05) is 5.56 Å². The van der Waals surface area contributed by atoms with Crippen molar-refractivity contribution in [2.75, 3.05) is 7.11 Å². The van der Waals surface area contributed by atoms with Gasteiger partial charge < -0.3 is 4.74 Å². The van der Waals surface area contributed by atoms with Crippen molar-refractivity contribution < 1.29 is 18.3 Å². The summed E-state index contributed by atoms with van der Waals surface area (Å²) in [6.07, 6.45) is 0. The van der Waals surface area contributed by atoms with Gasteiger partial charge in [-0.05, 0) is 37.3 Å². The molecule has 0 atom stereocenters. The maximum Gasteiger partial charge on any atom is 0.274 e. The van der Waals surface area contributed by atoms with Gasteiger partial charge in [0.1, 0.15) is 5.82 Å². The van der Waals surface area contributed by atoms with E-state index in [1.165, 1.54) is 37.4 Å². The molecule has 0 saturated carbocycles. The molecule has 0 spiro atoms. The molecule has 0 aromatic heterocycles. The summed E-state index contributed by atoms with van der Waals surface area (Å²) in [4.78, 5) is 11.8. The van der Waals surface area contributed by atoms with E-state index in [9.17, 15) is 13.6 Å². The largest absolute Gasteiger partial charge is 0.494 e. The third-order valence-electron chi connectivity index (χ3n) is 3.01. The summed E-state index contributed by atoms with van der Waals surface area (Å²) in [5.74, 6) is -1.73. The van der Waals surface area contributed by atoms with Crippen LogP contribution in [0.1, 0.15) is 22.8 Å². The monoisotopic (exact) mass is 304 g/mol. The highest BCUT2D eigenvalue weighted by Crippen LogP contribution is 2.18. The Hall–Kier alpha value is -2.76. The predicted molar refractivity (Wildman–Crippen MR) is 79.0 cm³/mol. The first kappa shape index (κ1) is 15.6. The molecule has 6 heteroatoms. The zero-order chi connectivity index (χ0) is 16.1. The fourth-order valence-corrected chi connectivity index (χ4v) is 1.80. The lowest BCUT2D eigenvalue weighted by molar-refractivity contribution is 0.0951. The molecule has 0 radical (unpaired) electrons. The van der Waals surface area contributed by atoms with Crippen LogP contribution in [-0.2, 0) is 0 Å². The average molecular weight is 304 g/mol. The van der Waals surface area contributed by atoms with Crippen LogP contribution >= 0.6 is 0 Å². The van der Waals surface area contributed by atoms with Crippen molar-refractivity contribution in [2.45, 2.75) is 6.92 Å². The molecule has 0 aliphatic carbocycles. The van der Waals surface area contributed by atoms with Crippen molar-refractivity contribution in [1.82, 2.24) is 5.43 Å². The Morgan fingerprint density at radius 2 is 1.86 bits per heavy atom. The number of nitrogens with one attached hydrogen (secondary N) is 1. The number of benzene rings is 2. The quantitative estimate of drug-likeness (QED) is 0.697. The van der Waals surface area contributed by atoms with Crippen molar-refractivity contribution in [3.05, 3.63) is 65.2 Å². The first-order valence-corrected chi connectivity index (χ1v) is 6.46. The average Bonchev–Trinajstić information content (AvgIpc) is 2.52. The summed E-state index contributed by atoms with van der Waals surface area (Å²) < 4.78 is 31.9. The highest BCUT2D eigenvalue weighted by atomic mass is 19.1. The molecule has 2 rings (SSSR count). The molecule has 0 unspecified atom stereocenters. The lowest BCUT2D eigenvalue weighted by Gasteiger charge is -2.06. The molecular weight excluding hydrogens is 290 g/mol. The molecule has 0 aliphatic heterocycles. The van der Waals surface area contributed by atoms with Gasteiger partial charge >= 0.3 is 0 Å². The number of hydrazone groups is 1. The summed E-state index contributed by atoms with van der Waals surface area (Å²) in [5, 5.41) is 3.85. The van der Waals surface area contributed by atoms with Crippen molar-refractivity contribution in [3.8, 4) is 5.75 Å². The third kappa shape index (κ3) is 3.46. The minimum atomic E-state index is -0.675. The van der Waals surface area contributed by atoms with E-state index in [-0.39, 0.29) is 11.3 Å². The summed E-state index contributed by atoms with van der Waals surface area (Å²) in [5.41, 5.74) is 2.99. The molecule has 1 N–H and O–H groups in total. The minimum Gasteiger partial charge on any atom is -0.494 e. The van der Waals surface area contributed by atoms with Crippen LogP contribution < -0.4 is 10.2 Å². The van der Waals surface area contributed by atoms with Gasteiger partial charge in [-0.25, -0.2) is 14.2 Å². The molecule has 0 heterocycles. The number of methoxy groups -OCH3 is 1. The van der Waals surface area contributed by atoms with Crippen molar-refractivity contribution in [1.29, 1.82) is 0 Å². The number of hydrogen-bond acceptors (Lipinski definition) is 3. The Morgan fingerprint density at radius 3 is 2.50 bits per heavy atom. The number of amides is 1. The maximum atomic E-state index is 13.6. The molecule has 22 heavy (non-hydrogen) atoms. The second-order valence-corrected chi connectivity index (χ2v) is 4.47. The second-order valence-electron chi connectivity index (χ2n) is 4.47. The second kappa shape index (κ2) is 6.80. The molecule has 2 aromatic rings. The lowest BCUT2D eigenvalue weighted by atomic mass is 10.1. The van der Waals surface area contributed by atoms with E-state index in [1.54, 1.807) is 19.1 Å². The maximum absolute atomic E-state index is 13.6. The zero-order valence-corrected chi connectivity index (χ0v) is 12.1. The zero-order valence-electron chi connectivity index (χ0n) is 12.1. The summed E-state index contributed by atoms with van der Waals surface area (Å²) in [6, 6.07) is 9.88. The molecule has 4 nitrogen and oxygen atoms in total. The van der Waals surface area contributed by atoms with E-state index in [0.29, 0.717) is 11.3 Å². The van der Waals surface area contributed by atoms with Crippen LogP contribution in [0, 0.1) is 11.6 Å². The van der Waals surface area contributed by atoms with Gasteiger partial charge in [-0.3, -0.25) is 4.79 Å². The normalized spacial score (nSPS) is 11.2. The highest BCUT2D eigenvalue weighted by molar-refractivity contribution is 6.01. The first-order chi connectivity index (χ1) is 10.5. The smallest absolute Gasteiger partial charge is 0.274 e. The van der Waals surface area contributed by atoms with Crippen molar-refractivity contribution in [3.63, 3.8) is 0 Å². The molecule has 0 fully saturated rings. The molecule has 2 aromatic carbocycles. The Balaban J connectivity index is 2.14. The van der Waals surface area contributed by atoms with E-state index in [1.807, 2.05) is 0 Å². The van der Waals surface area contributed by atoms with E-state index < -0.39 is 17.5 Å². The van der Waals surface area contributed by atoms with Gasteiger partial charge in [0.15, 0.2) is 11.6 Å². The van der Waals surface area contributed by atoms with Crippen LogP contribution in [0.4, 0.5) is 8.78 Å². The Morgan fingerprint density at radius 1 is 1.14 bits per heavy atom. The number of carbonyl (C=O) groups excluding carboxylic acids is 1. The van der Waals surface area contributed by atoms with E-state index in [4.69, 9.17) is 4.74 Å². The predicted octanol–water partition coefficient (Wildman–Crippen LogP) is 3.13. The highest BCUT2D eigenvalue weighted by Gasteiger charge is 2.10. The van der Waals surface area contributed by atoms with Gasteiger partial charge in [-0.1, -0.05) is 12.1 Å². The van der Waals surface area contributed by atoms with Gasteiger partial charge in [-0.2, -0.15) is 5.10 Å². The van der Waals surface area contributed by atoms with Gasteiger partial charge in [-0.15, -0.1) is 0 Å². The Kier molecular flexibility index (Phi) is 4.83. The summed E-state index contributed by atoms with van der Waals surface area (Å²) >= 11 is 0. The fraction of sp³-hybridized carbons (Fsp3) is 0.125. The Labute approximate surface area is 126 Å². The number of carbonyl (C=O) groups is 1. The van der Waals surface area contributed by atoms with Crippen LogP contribution in [0.15, 0.2) is 47.6 Å². The van der Waals surface area contributed by atoms with Crippen LogP contribution in [0.5, 0.6) is 5.75 Å². The minimum absolute atomic E-state index is 0.111. The standard InChI is InChI=1S/C16H14F2N2O2/c1-10(11-7-8-15(22-2)14(18)9-11)19-20-16(21)12-5-3-4-6-13(12)17/h3-9H,1-2H3,(H,20,21)/b19-10-. The molecule has 0 aliphatic rings. The molecule has 1 amide bonds. The number of rotatable bonds is 4. The van der Waals surface area contributed by atoms with E-state index >= 15 is 0 Å². The van der Waals surface area contributed by atoms with Crippen LogP contribution in [0.2, 0.25) is 0 Å². The van der Waals surface area contributed by atoms with Crippen molar-refractivity contribution in [2.24, 2.45) is 5.10 Å². The molecular formula is C16H14F2N2O2. The molecule has 0 saturated heterocycles. The van der Waals surface area contributed by atoms with Gasteiger partial charge in [0.05, 0.1) is 18.4 Å². The van der Waals surface area contributed by atoms with E-state index in [0.717, 1.165) is 0 Å². The van der Waals surface area contributed by atoms with Crippen LogP contribution in [0.3, 0.4) is 0 Å². The number of nitrogens with zero attached hydrogens (tertiary/aromatic N) is 1. The third-order valence-corrected chi connectivity index (χ3v) is 3.01. The summed E-state index contributed by atoms with van der Waals surface area (Å²) in [7, 11) is 1.37. The van der Waals surface area contributed by atoms with Crippen LogP contribution in [0.25, 0.3) is 0 Å². The topological polar surface area (TPSA) is 50.7 Å². The number of ether oxygens (including phenoxy) is 1. The summed E-state index contributed by atoms with van der Waals surface area (Å²) in [6.45, 7) is 1.60. The first-order valence-electron chi connectivity index (χ1n) is 6.46. The van der Waals surface area contributed by atoms with Gasteiger partial charge in [0.2, 0.25) is 0 Å². The Bertz CT molecular complexity index is 730. The van der Waals surface area contributed by atoms with Gasteiger partial charge in [0.25, 0.3) is 5.91 Å². The van der Waals surface area contributed by atoms with Crippen LogP contribution in [-0.4, -0.2) is 18.7 Å².